The molecule has 1 aromatic carbocycles. The van der Waals surface area contributed by atoms with E-state index in [-0.39, 0.29) is 5.92 Å². The fourth-order valence-electron chi connectivity index (χ4n) is 2.49. The van der Waals surface area contributed by atoms with E-state index in [9.17, 15) is 5.11 Å². The van der Waals surface area contributed by atoms with Gasteiger partial charge in [0.1, 0.15) is 11.5 Å². The minimum Gasteiger partial charge on any atom is -0.496 e. The molecule has 1 saturated heterocycles. The summed E-state index contributed by atoms with van der Waals surface area (Å²) in [6.07, 6.45) is 0. The second kappa shape index (κ2) is 5.92. The van der Waals surface area contributed by atoms with Crippen LogP contribution < -0.4 is 9.47 Å². The van der Waals surface area contributed by atoms with Gasteiger partial charge in [0.15, 0.2) is 0 Å². The van der Waals surface area contributed by atoms with Crippen LogP contribution in [0.5, 0.6) is 11.5 Å². The molecule has 1 heterocycles. The molecule has 0 spiro atoms. The highest BCUT2D eigenvalue weighted by Gasteiger charge is 2.43. The average Bonchev–Trinajstić information content (AvgIpc) is 2.37. The smallest absolute Gasteiger partial charge is 0.133 e. The zero-order chi connectivity index (χ0) is 14.9. The average molecular weight is 344 g/mol. The third kappa shape index (κ3) is 2.95. The van der Waals surface area contributed by atoms with Crippen molar-refractivity contribution in [2.75, 3.05) is 27.3 Å². The summed E-state index contributed by atoms with van der Waals surface area (Å²) in [4.78, 5) is 2.21. The van der Waals surface area contributed by atoms with E-state index in [1.165, 1.54) is 0 Å². The summed E-state index contributed by atoms with van der Waals surface area (Å²) in [5.41, 5.74) is 0.519. The van der Waals surface area contributed by atoms with Crippen molar-refractivity contribution in [3.8, 4) is 11.5 Å². The highest BCUT2D eigenvalue weighted by atomic mass is 79.9. The predicted octanol–water partition coefficient (Wildman–Crippen LogP) is 2.67. The van der Waals surface area contributed by atoms with E-state index in [1.54, 1.807) is 14.2 Å². The molecule has 0 bridgehead atoms. The van der Waals surface area contributed by atoms with Crippen molar-refractivity contribution in [1.82, 2.24) is 4.90 Å². The largest absolute Gasteiger partial charge is 0.496 e. The fourth-order valence-corrected chi connectivity index (χ4v) is 2.98. The van der Waals surface area contributed by atoms with Gasteiger partial charge in [-0.3, -0.25) is 4.90 Å². The minimum atomic E-state index is -0.549. The van der Waals surface area contributed by atoms with Crippen LogP contribution >= 0.6 is 15.9 Å². The molecule has 1 N–H and O–H groups in total. The van der Waals surface area contributed by atoms with E-state index in [2.05, 4.69) is 34.7 Å². The maximum absolute atomic E-state index is 10.3. The van der Waals surface area contributed by atoms with Gasteiger partial charge in [0, 0.05) is 25.2 Å². The van der Waals surface area contributed by atoms with E-state index in [1.807, 2.05) is 12.1 Å². The topological polar surface area (TPSA) is 41.9 Å². The number of β-amino-alcohol motifs (C(OH)–C–C–N with tert-alkyl or cyclic N) is 1. The molecule has 5 heteroatoms. The van der Waals surface area contributed by atoms with Crippen LogP contribution in [-0.4, -0.2) is 42.9 Å². The van der Waals surface area contributed by atoms with Crippen LogP contribution in [0.15, 0.2) is 16.6 Å². The Morgan fingerprint density at radius 3 is 2.35 bits per heavy atom. The number of likely N-dealkylation sites (tertiary alicyclic amines) is 1. The number of benzene rings is 1. The molecule has 0 aliphatic carbocycles. The van der Waals surface area contributed by atoms with E-state index < -0.39 is 5.60 Å². The van der Waals surface area contributed by atoms with Gasteiger partial charge in [-0.15, -0.1) is 0 Å². The highest BCUT2D eigenvalue weighted by Crippen LogP contribution is 2.36. The highest BCUT2D eigenvalue weighted by molar-refractivity contribution is 9.10. The molecule has 0 saturated carbocycles. The van der Waals surface area contributed by atoms with Gasteiger partial charge in [-0.05, 0) is 34.0 Å². The summed E-state index contributed by atoms with van der Waals surface area (Å²) in [6.45, 7) is 6.27. The fraction of sp³-hybridized carbons (Fsp3) is 0.600. The van der Waals surface area contributed by atoms with Crippen molar-refractivity contribution in [3.05, 3.63) is 22.2 Å². The van der Waals surface area contributed by atoms with Gasteiger partial charge in [0.2, 0.25) is 0 Å². The third-order valence-corrected chi connectivity index (χ3v) is 4.64. The Bertz CT molecular complexity index is 484. The number of ether oxygens (including phenoxy) is 2. The molecule has 1 aromatic rings. The number of rotatable bonds is 5. The number of nitrogens with zero attached hydrogens (tertiary/aromatic N) is 1. The van der Waals surface area contributed by atoms with Gasteiger partial charge in [-0.1, -0.05) is 13.8 Å². The van der Waals surface area contributed by atoms with E-state index in [0.717, 1.165) is 28.1 Å². The molecule has 1 aliphatic heterocycles. The van der Waals surface area contributed by atoms with Crippen molar-refractivity contribution >= 4 is 15.9 Å². The first-order chi connectivity index (χ1) is 9.39. The Kier molecular flexibility index (Phi) is 4.62. The van der Waals surface area contributed by atoms with Gasteiger partial charge in [0.05, 0.1) is 24.3 Å². The molecule has 0 amide bonds. The van der Waals surface area contributed by atoms with E-state index in [0.29, 0.717) is 13.1 Å². The van der Waals surface area contributed by atoms with Gasteiger partial charge in [-0.25, -0.2) is 0 Å². The molecule has 0 aromatic heterocycles. The molecule has 2 rings (SSSR count). The summed E-state index contributed by atoms with van der Waals surface area (Å²) in [7, 11) is 3.32. The number of hydrogen-bond donors (Lipinski definition) is 1. The van der Waals surface area contributed by atoms with Crippen LogP contribution in [0.2, 0.25) is 0 Å². The zero-order valence-electron chi connectivity index (χ0n) is 12.4. The summed E-state index contributed by atoms with van der Waals surface area (Å²) >= 11 is 3.46. The Morgan fingerprint density at radius 2 is 1.85 bits per heavy atom. The predicted molar refractivity (Wildman–Crippen MR) is 82.3 cm³/mol. The monoisotopic (exact) mass is 343 g/mol. The van der Waals surface area contributed by atoms with Crippen LogP contribution in [0.25, 0.3) is 0 Å². The lowest BCUT2D eigenvalue weighted by atomic mass is 9.83. The standard InChI is InChI=1S/C15H22BrNO3/c1-10(2)15(18)8-17(9-15)7-11-5-14(20-4)12(16)6-13(11)19-3/h5-6,10,18H,7-9H2,1-4H3. The summed E-state index contributed by atoms with van der Waals surface area (Å²) in [5, 5.41) is 10.3. The van der Waals surface area contributed by atoms with Crippen LogP contribution in [-0.2, 0) is 6.54 Å². The molecule has 4 nitrogen and oxygen atoms in total. The molecule has 20 heavy (non-hydrogen) atoms. The molecule has 112 valence electrons. The molecular weight excluding hydrogens is 322 g/mol. The number of halogens is 1. The van der Waals surface area contributed by atoms with Crippen molar-refractivity contribution in [1.29, 1.82) is 0 Å². The lowest BCUT2D eigenvalue weighted by molar-refractivity contribution is -0.130. The van der Waals surface area contributed by atoms with Crippen LogP contribution in [0, 0.1) is 5.92 Å². The van der Waals surface area contributed by atoms with Crippen LogP contribution in [0.4, 0.5) is 0 Å². The first-order valence-electron chi connectivity index (χ1n) is 6.74. The van der Waals surface area contributed by atoms with E-state index in [4.69, 9.17) is 9.47 Å². The van der Waals surface area contributed by atoms with E-state index >= 15 is 0 Å². The number of hydrogen-bond acceptors (Lipinski definition) is 4. The number of methoxy groups -OCH3 is 2. The van der Waals surface area contributed by atoms with Gasteiger partial charge < -0.3 is 14.6 Å². The Hall–Kier alpha value is -0.780. The van der Waals surface area contributed by atoms with Gasteiger partial charge >= 0.3 is 0 Å². The Labute approximate surface area is 128 Å². The molecule has 0 atom stereocenters. The third-order valence-electron chi connectivity index (χ3n) is 4.02. The maximum atomic E-state index is 10.3. The second-order valence-corrected chi connectivity index (χ2v) is 6.56. The molecular formula is C15H22BrNO3. The second-order valence-electron chi connectivity index (χ2n) is 5.70. The Balaban J connectivity index is 2.11. The van der Waals surface area contributed by atoms with Gasteiger partial charge in [0.25, 0.3) is 0 Å². The number of aliphatic hydroxyl groups is 1. The SMILES string of the molecule is COc1cc(CN2CC(O)(C(C)C)C2)c(OC)cc1Br. The zero-order valence-corrected chi connectivity index (χ0v) is 14.0. The first kappa shape index (κ1) is 15.6. The maximum Gasteiger partial charge on any atom is 0.133 e. The first-order valence-corrected chi connectivity index (χ1v) is 7.54. The molecule has 1 fully saturated rings. The summed E-state index contributed by atoms with van der Waals surface area (Å²) in [6, 6.07) is 3.90. The van der Waals surface area contributed by atoms with Crippen molar-refractivity contribution in [2.24, 2.45) is 5.92 Å². The van der Waals surface area contributed by atoms with Crippen LogP contribution in [0.3, 0.4) is 0 Å². The lowest BCUT2D eigenvalue weighted by Crippen LogP contribution is -2.63. The van der Waals surface area contributed by atoms with Crippen molar-refractivity contribution < 1.29 is 14.6 Å². The van der Waals surface area contributed by atoms with Crippen molar-refractivity contribution in [2.45, 2.75) is 26.0 Å². The molecule has 1 aliphatic rings. The quantitative estimate of drug-likeness (QED) is 0.892. The van der Waals surface area contributed by atoms with Gasteiger partial charge in [-0.2, -0.15) is 0 Å². The molecule has 0 unspecified atom stereocenters. The Morgan fingerprint density at radius 1 is 1.25 bits per heavy atom. The normalized spacial score (nSPS) is 17.9. The lowest BCUT2D eigenvalue weighted by Gasteiger charge is -2.49. The van der Waals surface area contributed by atoms with Crippen molar-refractivity contribution in [3.63, 3.8) is 0 Å². The molecule has 0 radical (unpaired) electrons. The van der Waals surface area contributed by atoms with Crippen LogP contribution in [0.1, 0.15) is 19.4 Å². The summed E-state index contributed by atoms with van der Waals surface area (Å²) in [5.74, 6) is 1.90. The minimum absolute atomic E-state index is 0.278. The summed E-state index contributed by atoms with van der Waals surface area (Å²) < 4.78 is 11.6.